The van der Waals surface area contributed by atoms with E-state index in [1.54, 1.807) is 18.2 Å². The molecule has 2 N–H and O–H groups in total. The van der Waals surface area contributed by atoms with Crippen LogP contribution in [0.25, 0.3) is 0 Å². The van der Waals surface area contributed by atoms with Gasteiger partial charge in [-0.3, -0.25) is 9.59 Å². The van der Waals surface area contributed by atoms with Crippen molar-refractivity contribution in [3.63, 3.8) is 0 Å². The molecule has 7 nitrogen and oxygen atoms in total. The van der Waals surface area contributed by atoms with Crippen LogP contribution < -0.4 is 20.3 Å². The molecule has 0 aromatic heterocycles. The van der Waals surface area contributed by atoms with Crippen LogP contribution in [-0.4, -0.2) is 44.7 Å². The second-order valence-electron chi connectivity index (χ2n) is 7.39. The van der Waals surface area contributed by atoms with E-state index in [0.717, 1.165) is 41.8 Å². The van der Waals surface area contributed by atoms with Gasteiger partial charge in [0, 0.05) is 35.2 Å². The summed E-state index contributed by atoms with van der Waals surface area (Å²) >= 11 is 3.47. The summed E-state index contributed by atoms with van der Waals surface area (Å²) in [4.78, 5) is 26.6. The lowest BCUT2D eigenvalue weighted by atomic mass is 10.2. The van der Waals surface area contributed by atoms with Gasteiger partial charge < -0.3 is 25.0 Å². The largest absolute Gasteiger partial charge is 0.484 e. The Hall–Kier alpha value is -2.58. The van der Waals surface area contributed by atoms with E-state index in [1.165, 1.54) is 0 Å². The quantitative estimate of drug-likeness (QED) is 0.641. The minimum atomic E-state index is -0.255. The summed E-state index contributed by atoms with van der Waals surface area (Å²) in [5.41, 5.74) is 2.36. The standard InChI is InChI=1S/C22H24BrN3O4/c23-16-6-7-20(26-8-10-29-11-9-26)19(12-16)25-21(27)14-30-18-3-1-2-17(13-18)24-22(28)15-4-5-15/h1-3,6-7,12-13,15H,4-5,8-11,14H2,(H,24,28)(H,25,27). The van der Waals surface area contributed by atoms with E-state index in [9.17, 15) is 9.59 Å². The van der Waals surface area contributed by atoms with E-state index in [0.29, 0.717) is 24.7 Å². The van der Waals surface area contributed by atoms with Gasteiger partial charge in [0.1, 0.15) is 5.75 Å². The molecule has 0 atom stereocenters. The van der Waals surface area contributed by atoms with Crippen LogP contribution in [0.15, 0.2) is 46.9 Å². The van der Waals surface area contributed by atoms with Gasteiger partial charge in [-0.1, -0.05) is 22.0 Å². The van der Waals surface area contributed by atoms with Crippen molar-refractivity contribution in [2.75, 3.05) is 48.4 Å². The molecule has 8 heteroatoms. The van der Waals surface area contributed by atoms with E-state index >= 15 is 0 Å². The molecule has 1 saturated carbocycles. The minimum Gasteiger partial charge on any atom is -0.484 e. The summed E-state index contributed by atoms with van der Waals surface area (Å²) in [5, 5.41) is 5.82. The predicted octanol–water partition coefficient (Wildman–Crippen LogP) is 3.65. The third-order valence-corrected chi connectivity index (χ3v) is 5.50. The van der Waals surface area contributed by atoms with E-state index in [4.69, 9.17) is 9.47 Å². The van der Waals surface area contributed by atoms with E-state index in [1.807, 2.05) is 24.3 Å². The molecular formula is C22H24BrN3O4. The summed E-state index contributed by atoms with van der Waals surface area (Å²) in [7, 11) is 0. The highest BCUT2D eigenvalue weighted by atomic mass is 79.9. The maximum absolute atomic E-state index is 12.5. The fourth-order valence-electron chi connectivity index (χ4n) is 3.28. The molecule has 2 amide bonds. The van der Waals surface area contributed by atoms with Crippen molar-refractivity contribution >= 4 is 44.8 Å². The van der Waals surface area contributed by atoms with Gasteiger partial charge in [0.15, 0.2) is 6.61 Å². The average Bonchev–Trinajstić information content (AvgIpc) is 3.59. The molecule has 1 aliphatic carbocycles. The van der Waals surface area contributed by atoms with Crippen LogP contribution in [0.5, 0.6) is 5.75 Å². The van der Waals surface area contributed by atoms with Crippen LogP contribution in [0.4, 0.5) is 17.1 Å². The van der Waals surface area contributed by atoms with Gasteiger partial charge >= 0.3 is 0 Å². The molecule has 4 rings (SSSR count). The Balaban J connectivity index is 1.36. The maximum Gasteiger partial charge on any atom is 0.262 e. The number of benzene rings is 2. The molecule has 2 aromatic carbocycles. The van der Waals surface area contributed by atoms with Crippen LogP contribution in [0.3, 0.4) is 0 Å². The third-order valence-electron chi connectivity index (χ3n) is 5.00. The van der Waals surface area contributed by atoms with E-state index in [-0.39, 0.29) is 24.3 Å². The van der Waals surface area contributed by atoms with Crippen molar-refractivity contribution in [2.45, 2.75) is 12.8 Å². The Labute approximate surface area is 183 Å². The number of nitrogens with one attached hydrogen (secondary N) is 2. The highest BCUT2D eigenvalue weighted by Crippen LogP contribution is 2.31. The number of morpholine rings is 1. The van der Waals surface area contributed by atoms with Crippen molar-refractivity contribution in [3.8, 4) is 5.75 Å². The first-order valence-electron chi connectivity index (χ1n) is 10.0. The van der Waals surface area contributed by atoms with Crippen LogP contribution in [0, 0.1) is 5.92 Å². The number of anilines is 3. The van der Waals surface area contributed by atoms with Crippen LogP contribution in [0.1, 0.15) is 12.8 Å². The van der Waals surface area contributed by atoms with Gasteiger partial charge in [-0.2, -0.15) is 0 Å². The number of hydrogen-bond donors (Lipinski definition) is 2. The van der Waals surface area contributed by atoms with Gasteiger partial charge in [-0.25, -0.2) is 0 Å². The number of ether oxygens (including phenoxy) is 2. The number of halogens is 1. The maximum atomic E-state index is 12.5. The Kier molecular flexibility index (Phi) is 6.54. The monoisotopic (exact) mass is 473 g/mol. The molecular weight excluding hydrogens is 450 g/mol. The lowest BCUT2D eigenvalue weighted by Crippen LogP contribution is -2.37. The minimum absolute atomic E-state index is 0.0372. The molecule has 0 radical (unpaired) electrons. The van der Waals surface area contributed by atoms with Crippen LogP contribution in [-0.2, 0) is 14.3 Å². The van der Waals surface area contributed by atoms with Crippen molar-refractivity contribution < 1.29 is 19.1 Å². The molecule has 0 spiro atoms. The molecule has 2 aromatic rings. The molecule has 1 heterocycles. The summed E-state index contributed by atoms with van der Waals surface area (Å²) in [6.45, 7) is 2.76. The first-order chi connectivity index (χ1) is 14.6. The zero-order chi connectivity index (χ0) is 20.9. The predicted molar refractivity (Wildman–Crippen MR) is 119 cm³/mol. The Morgan fingerprint density at radius 1 is 1.10 bits per heavy atom. The number of rotatable bonds is 7. The molecule has 0 bridgehead atoms. The first-order valence-corrected chi connectivity index (χ1v) is 10.8. The second-order valence-corrected chi connectivity index (χ2v) is 8.30. The molecule has 1 saturated heterocycles. The fraction of sp³-hybridized carbons (Fsp3) is 0.364. The van der Waals surface area contributed by atoms with Crippen LogP contribution >= 0.6 is 15.9 Å². The molecule has 30 heavy (non-hydrogen) atoms. The molecule has 0 unspecified atom stereocenters. The number of carbonyl (C=O) groups is 2. The van der Waals surface area contributed by atoms with E-state index in [2.05, 4.69) is 31.5 Å². The average molecular weight is 474 g/mol. The summed E-state index contributed by atoms with van der Waals surface area (Å²) in [6.07, 6.45) is 1.90. The lowest BCUT2D eigenvalue weighted by Gasteiger charge is -2.30. The van der Waals surface area contributed by atoms with Gasteiger partial charge in [-0.15, -0.1) is 0 Å². The molecule has 2 fully saturated rings. The van der Waals surface area contributed by atoms with E-state index < -0.39 is 0 Å². The smallest absolute Gasteiger partial charge is 0.262 e. The zero-order valence-corrected chi connectivity index (χ0v) is 18.1. The fourth-order valence-corrected chi connectivity index (χ4v) is 3.64. The zero-order valence-electron chi connectivity index (χ0n) is 16.5. The Morgan fingerprint density at radius 2 is 1.90 bits per heavy atom. The Bertz CT molecular complexity index is 926. The number of amides is 2. The van der Waals surface area contributed by atoms with Crippen molar-refractivity contribution in [3.05, 3.63) is 46.9 Å². The van der Waals surface area contributed by atoms with Crippen molar-refractivity contribution in [1.82, 2.24) is 0 Å². The first kappa shape index (κ1) is 20.7. The lowest BCUT2D eigenvalue weighted by molar-refractivity contribution is -0.118. The highest BCUT2D eigenvalue weighted by Gasteiger charge is 2.29. The summed E-state index contributed by atoms with van der Waals surface area (Å²) in [6, 6.07) is 12.9. The van der Waals surface area contributed by atoms with Gasteiger partial charge in [0.2, 0.25) is 5.91 Å². The molecule has 1 aliphatic heterocycles. The van der Waals surface area contributed by atoms with Gasteiger partial charge in [0.25, 0.3) is 5.91 Å². The second kappa shape index (κ2) is 9.49. The topological polar surface area (TPSA) is 79.9 Å². The molecule has 2 aliphatic rings. The summed E-state index contributed by atoms with van der Waals surface area (Å²) in [5.74, 6) is 0.442. The Morgan fingerprint density at radius 3 is 2.67 bits per heavy atom. The highest BCUT2D eigenvalue weighted by molar-refractivity contribution is 9.10. The van der Waals surface area contributed by atoms with Crippen molar-refractivity contribution in [2.24, 2.45) is 5.92 Å². The van der Waals surface area contributed by atoms with Gasteiger partial charge in [0.05, 0.1) is 24.6 Å². The number of carbonyl (C=O) groups excluding carboxylic acids is 2. The number of hydrogen-bond acceptors (Lipinski definition) is 5. The van der Waals surface area contributed by atoms with Crippen LogP contribution in [0.2, 0.25) is 0 Å². The molecule has 158 valence electrons. The van der Waals surface area contributed by atoms with Gasteiger partial charge in [-0.05, 0) is 43.2 Å². The normalized spacial score (nSPS) is 16.1. The SMILES string of the molecule is O=C(COc1cccc(NC(=O)C2CC2)c1)Nc1cc(Br)ccc1N1CCOCC1. The van der Waals surface area contributed by atoms with Crippen molar-refractivity contribution in [1.29, 1.82) is 0 Å². The summed E-state index contributed by atoms with van der Waals surface area (Å²) < 4.78 is 11.9. The third kappa shape index (κ3) is 5.52. The number of nitrogens with zero attached hydrogens (tertiary/aromatic N) is 1.